The number of rotatable bonds is 4. The minimum Gasteiger partial charge on any atom is -0.338 e. The first-order valence-corrected chi connectivity index (χ1v) is 10.2. The van der Waals surface area contributed by atoms with Gasteiger partial charge in [-0.2, -0.15) is 0 Å². The van der Waals surface area contributed by atoms with Crippen LogP contribution >= 0.6 is 23.7 Å². The van der Waals surface area contributed by atoms with Crippen molar-refractivity contribution in [1.29, 1.82) is 0 Å². The summed E-state index contributed by atoms with van der Waals surface area (Å²) in [6, 6.07) is 11.6. The summed E-state index contributed by atoms with van der Waals surface area (Å²) in [6.07, 6.45) is 1.84. The van der Waals surface area contributed by atoms with Crippen LogP contribution in [0.15, 0.2) is 51.6 Å². The molecule has 0 radical (unpaired) electrons. The van der Waals surface area contributed by atoms with Gasteiger partial charge in [0.05, 0.1) is 9.77 Å². The lowest BCUT2D eigenvalue weighted by Gasteiger charge is -2.31. The molecule has 2 heterocycles. The number of amides is 1. The van der Waals surface area contributed by atoms with Crippen LogP contribution < -0.4 is 5.32 Å². The third-order valence-electron chi connectivity index (χ3n) is 4.29. The molecule has 0 saturated carbocycles. The Morgan fingerprint density at radius 2 is 1.76 bits per heavy atom. The molecule has 136 valence electrons. The maximum absolute atomic E-state index is 12.6. The van der Waals surface area contributed by atoms with Gasteiger partial charge in [0.15, 0.2) is 0 Å². The lowest BCUT2D eigenvalue weighted by atomic mass is 10.1. The summed E-state index contributed by atoms with van der Waals surface area (Å²) in [5.41, 5.74) is 0. The van der Waals surface area contributed by atoms with Crippen LogP contribution in [0.5, 0.6) is 0 Å². The number of halogens is 1. The summed E-state index contributed by atoms with van der Waals surface area (Å²) in [6.45, 7) is 1.81. The Morgan fingerprint density at radius 3 is 2.40 bits per heavy atom. The molecule has 1 fully saturated rings. The highest BCUT2D eigenvalue weighted by molar-refractivity contribution is 7.93. The smallest absolute Gasteiger partial charge is 0.263 e. The normalized spacial score (nSPS) is 15.4. The van der Waals surface area contributed by atoms with E-state index in [0.29, 0.717) is 4.88 Å². The standard InChI is InChI=1S/C17H20N2O3S2.ClH/c1-19(13-9-11-18-12-10-13)17(20)15-7-8-16(23-15)24(21,22)14-5-3-2-4-6-14;/h2-8,13,18H,9-12H2,1H3;1H. The van der Waals surface area contributed by atoms with Crippen molar-refractivity contribution in [2.45, 2.75) is 28.0 Å². The van der Waals surface area contributed by atoms with Gasteiger partial charge in [-0.25, -0.2) is 8.42 Å². The van der Waals surface area contributed by atoms with E-state index >= 15 is 0 Å². The third kappa shape index (κ3) is 4.23. The van der Waals surface area contributed by atoms with Crippen LogP contribution in [-0.2, 0) is 9.84 Å². The number of nitrogens with one attached hydrogen (secondary N) is 1. The third-order valence-corrected chi connectivity index (χ3v) is 7.62. The van der Waals surface area contributed by atoms with E-state index in [1.165, 1.54) is 6.07 Å². The Labute approximate surface area is 158 Å². The van der Waals surface area contributed by atoms with E-state index in [0.717, 1.165) is 37.3 Å². The maximum atomic E-state index is 12.6. The lowest BCUT2D eigenvalue weighted by Crippen LogP contribution is -2.43. The SMILES string of the molecule is CN(C(=O)c1ccc(S(=O)(=O)c2ccccc2)s1)C1CCNCC1.Cl. The van der Waals surface area contributed by atoms with Crippen LogP contribution in [0.4, 0.5) is 0 Å². The summed E-state index contributed by atoms with van der Waals surface area (Å²) in [7, 11) is -1.77. The van der Waals surface area contributed by atoms with Crippen LogP contribution in [0, 0.1) is 0 Å². The van der Waals surface area contributed by atoms with Gasteiger partial charge in [-0.15, -0.1) is 23.7 Å². The molecule has 8 heteroatoms. The summed E-state index contributed by atoms with van der Waals surface area (Å²) < 4.78 is 25.4. The molecule has 1 aromatic heterocycles. The minimum atomic E-state index is -3.56. The van der Waals surface area contributed by atoms with Crippen LogP contribution in [0.3, 0.4) is 0 Å². The Morgan fingerprint density at radius 1 is 1.12 bits per heavy atom. The Bertz CT molecular complexity index is 815. The lowest BCUT2D eigenvalue weighted by molar-refractivity contribution is 0.0708. The number of carbonyl (C=O) groups excluding carboxylic acids is 1. The Kier molecular flexibility index (Phi) is 6.62. The van der Waals surface area contributed by atoms with Gasteiger partial charge in [0.2, 0.25) is 9.84 Å². The zero-order valence-electron chi connectivity index (χ0n) is 13.8. The monoisotopic (exact) mass is 400 g/mol. The molecule has 1 saturated heterocycles. The van der Waals surface area contributed by atoms with E-state index in [1.807, 2.05) is 0 Å². The number of thiophene rings is 1. The molecule has 1 N–H and O–H groups in total. The minimum absolute atomic E-state index is 0. The van der Waals surface area contributed by atoms with E-state index in [1.54, 1.807) is 48.3 Å². The highest BCUT2D eigenvalue weighted by Gasteiger charge is 2.26. The molecule has 2 aromatic rings. The summed E-state index contributed by atoms with van der Waals surface area (Å²) in [4.78, 5) is 15.1. The topological polar surface area (TPSA) is 66.5 Å². The molecule has 0 bridgehead atoms. The van der Waals surface area contributed by atoms with Crippen molar-refractivity contribution in [2.75, 3.05) is 20.1 Å². The van der Waals surface area contributed by atoms with Gasteiger partial charge in [0, 0.05) is 13.1 Å². The molecule has 0 spiro atoms. The van der Waals surface area contributed by atoms with Gasteiger partial charge < -0.3 is 10.2 Å². The maximum Gasteiger partial charge on any atom is 0.263 e. The average molecular weight is 401 g/mol. The van der Waals surface area contributed by atoms with E-state index < -0.39 is 9.84 Å². The highest BCUT2D eigenvalue weighted by atomic mass is 35.5. The second-order valence-electron chi connectivity index (χ2n) is 5.83. The van der Waals surface area contributed by atoms with Crippen molar-refractivity contribution >= 4 is 39.5 Å². The van der Waals surface area contributed by atoms with Gasteiger partial charge in [-0.1, -0.05) is 18.2 Å². The predicted octanol–water partition coefficient (Wildman–Crippen LogP) is 2.83. The van der Waals surface area contributed by atoms with Crippen molar-refractivity contribution in [3.63, 3.8) is 0 Å². The number of hydrogen-bond donors (Lipinski definition) is 1. The largest absolute Gasteiger partial charge is 0.338 e. The number of sulfone groups is 1. The van der Waals surface area contributed by atoms with Crippen LogP contribution in [0.2, 0.25) is 0 Å². The molecule has 1 aliphatic heterocycles. The van der Waals surface area contributed by atoms with Crippen molar-refractivity contribution in [1.82, 2.24) is 10.2 Å². The molecular weight excluding hydrogens is 380 g/mol. The number of piperidine rings is 1. The fourth-order valence-corrected chi connectivity index (χ4v) is 5.54. The second kappa shape index (κ2) is 8.31. The predicted molar refractivity (Wildman–Crippen MR) is 101 cm³/mol. The molecule has 25 heavy (non-hydrogen) atoms. The molecule has 1 aromatic carbocycles. The molecule has 3 rings (SSSR count). The van der Waals surface area contributed by atoms with Crippen molar-refractivity contribution in [3.8, 4) is 0 Å². The molecule has 1 aliphatic rings. The number of hydrogen-bond acceptors (Lipinski definition) is 5. The van der Waals surface area contributed by atoms with Crippen molar-refractivity contribution in [2.24, 2.45) is 0 Å². The van der Waals surface area contributed by atoms with Gasteiger partial charge in [-0.3, -0.25) is 4.79 Å². The molecule has 0 atom stereocenters. The molecule has 0 aliphatic carbocycles. The number of nitrogens with zero attached hydrogens (tertiary/aromatic N) is 1. The van der Waals surface area contributed by atoms with Gasteiger partial charge in [-0.05, 0) is 50.2 Å². The number of benzene rings is 1. The Hall–Kier alpha value is -1.41. The fourth-order valence-electron chi connectivity index (χ4n) is 2.83. The summed E-state index contributed by atoms with van der Waals surface area (Å²) >= 11 is 1.04. The van der Waals surface area contributed by atoms with Crippen molar-refractivity contribution < 1.29 is 13.2 Å². The van der Waals surface area contributed by atoms with E-state index in [9.17, 15) is 13.2 Å². The first-order chi connectivity index (χ1) is 11.5. The molecule has 1 amide bonds. The van der Waals surface area contributed by atoms with Crippen LogP contribution in [-0.4, -0.2) is 45.4 Å². The van der Waals surface area contributed by atoms with Gasteiger partial charge in [0.25, 0.3) is 5.91 Å². The Balaban J connectivity index is 0.00000225. The molecular formula is C17H21ClN2O3S2. The van der Waals surface area contributed by atoms with E-state index in [2.05, 4.69) is 5.32 Å². The molecule has 0 unspecified atom stereocenters. The quantitative estimate of drug-likeness (QED) is 0.856. The van der Waals surface area contributed by atoms with Crippen LogP contribution in [0.1, 0.15) is 22.5 Å². The summed E-state index contributed by atoms with van der Waals surface area (Å²) in [5, 5.41) is 3.28. The van der Waals surface area contributed by atoms with E-state index in [-0.39, 0.29) is 33.5 Å². The van der Waals surface area contributed by atoms with Gasteiger partial charge in [0.1, 0.15) is 4.21 Å². The first kappa shape index (κ1) is 19.9. The zero-order chi connectivity index (χ0) is 17.2. The average Bonchev–Trinajstić information content (AvgIpc) is 3.13. The van der Waals surface area contributed by atoms with Crippen molar-refractivity contribution in [3.05, 3.63) is 47.3 Å². The fraction of sp³-hybridized carbons (Fsp3) is 0.353. The highest BCUT2D eigenvalue weighted by Crippen LogP contribution is 2.29. The number of carbonyl (C=O) groups is 1. The van der Waals surface area contributed by atoms with Gasteiger partial charge >= 0.3 is 0 Å². The van der Waals surface area contributed by atoms with E-state index in [4.69, 9.17) is 0 Å². The molecule has 5 nitrogen and oxygen atoms in total. The summed E-state index contributed by atoms with van der Waals surface area (Å²) in [5.74, 6) is -0.110. The zero-order valence-corrected chi connectivity index (χ0v) is 16.3. The first-order valence-electron chi connectivity index (χ1n) is 7.88. The van der Waals surface area contributed by atoms with Crippen LogP contribution in [0.25, 0.3) is 0 Å². The second-order valence-corrected chi connectivity index (χ2v) is 9.09.